The molecular weight excluding hydrogens is 306 g/mol. The molecule has 3 heteroatoms. The lowest BCUT2D eigenvalue weighted by atomic mass is 10.0. The molecule has 3 heterocycles. The zero-order valence-electron chi connectivity index (χ0n) is 13.9. The number of rotatable bonds is 3. The van der Waals surface area contributed by atoms with Gasteiger partial charge >= 0.3 is 0 Å². The molecule has 0 radical (unpaired) electrons. The van der Waals surface area contributed by atoms with Crippen molar-refractivity contribution in [3.05, 3.63) is 90.8 Å². The molecule has 0 saturated carbocycles. The van der Waals surface area contributed by atoms with Gasteiger partial charge < -0.3 is 0 Å². The summed E-state index contributed by atoms with van der Waals surface area (Å²) >= 11 is 0. The van der Waals surface area contributed by atoms with E-state index < -0.39 is 0 Å². The molecule has 0 bridgehead atoms. The molecule has 3 nitrogen and oxygen atoms in total. The van der Waals surface area contributed by atoms with Crippen molar-refractivity contribution in [1.29, 1.82) is 0 Å². The average Bonchev–Trinajstić information content (AvgIpc) is 2.69. The lowest BCUT2D eigenvalue weighted by molar-refractivity contribution is 1.22. The Morgan fingerprint density at radius 2 is 1.12 bits per heavy atom. The van der Waals surface area contributed by atoms with Gasteiger partial charge in [-0.3, -0.25) is 9.97 Å². The minimum absolute atomic E-state index is 0.847. The Morgan fingerprint density at radius 3 is 1.60 bits per heavy atom. The van der Waals surface area contributed by atoms with E-state index in [9.17, 15) is 0 Å². The van der Waals surface area contributed by atoms with Crippen molar-refractivity contribution in [1.82, 2.24) is 15.0 Å². The Morgan fingerprint density at radius 1 is 0.560 bits per heavy atom. The largest absolute Gasteiger partial charge is 0.255 e. The van der Waals surface area contributed by atoms with Crippen molar-refractivity contribution in [3.63, 3.8) is 0 Å². The summed E-state index contributed by atoms with van der Waals surface area (Å²) in [4.78, 5) is 13.7. The molecule has 1 aromatic carbocycles. The topological polar surface area (TPSA) is 38.7 Å². The first-order chi connectivity index (χ1) is 12.3. The van der Waals surface area contributed by atoms with E-state index in [1.165, 1.54) is 5.56 Å². The number of aromatic nitrogens is 3. The second-order valence-corrected chi connectivity index (χ2v) is 5.92. The van der Waals surface area contributed by atoms with E-state index in [0.29, 0.717) is 0 Å². The molecule has 3 aromatic heterocycles. The third-order valence-corrected chi connectivity index (χ3v) is 4.06. The van der Waals surface area contributed by atoms with Crippen LogP contribution in [0.4, 0.5) is 0 Å². The van der Waals surface area contributed by atoms with Gasteiger partial charge in [0.1, 0.15) is 0 Å². The molecule has 0 aliphatic carbocycles. The Hall–Kier alpha value is -3.33. The van der Waals surface area contributed by atoms with Crippen molar-refractivity contribution in [2.24, 2.45) is 0 Å². The van der Waals surface area contributed by atoms with Crippen LogP contribution in [0.1, 0.15) is 5.56 Å². The highest BCUT2D eigenvalue weighted by Gasteiger charge is 2.10. The van der Waals surface area contributed by atoms with E-state index in [2.05, 4.69) is 53.3 Å². The third kappa shape index (κ3) is 3.31. The van der Waals surface area contributed by atoms with Gasteiger partial charge in [0.25, 0.3) is 0 Å². The van der Waals surface area contributed by atoms with Gasteiger partial charge in [-0.15, -0.1) is 0 Å². The van der Waals surface area contributed by atoms with Crippen LogP contribution in [-0.2, 0) is 0 Å². The predicted molar refractivity (Wildman–Crippen MR) is 101 cm³/mol. The number of pyridine rings is 3. The summed E-state index contributed by atoms with van der Waals surface area (Å²) in [5.41, 5.74) is 6.91. The number of hydrogen-bond acceptors (Lipinski definition) is 3. The standard InChI is InChI=1S/C22H17N3/c1-16-8-10-17(11-9-16)18-14-21(19-6-2-4-12-23-19)25-22(15-18)20-7-3-5-13-24-20/h2-15H,1H3. The summed E-state index contributed by atoms with van der Waals surface area (Å²) in [6, 6.07) is 24.4. The fourth-order valence-corrected chi connectivity index (χ4v) is 2.73. The summed E-state index contributed by atoms with van der Waals surface area (Å²) in [6.07, 6.45) is 3.58. The molecule has 0 spiro atoms. The smallest absolute Gasteiger partial charge is 0.0900 e. The van der Waals surface area contributed by atoms with Crippen LogP contribution in [-0.4, -0.2) is 15.0 Å². The molecular formula is C22H17N3. The monoisotopic (exact) mass is 323 g/mol. The molecule has 4 aromatic rings. The van der Waals surface area contributed by atoms with Gasteiger partial charge in [-0.05, 0) is 54.4 Å². The molecule has 0 N–H and O–H groups in total. The van der Waals surface area contributed by atoms with Crippen LogP contribution in [0.5, 0.6) is 0 Å². The number of hydrogen-bond donors (Lipinski definition) is 0. The molecule has 120 valence electrons. The number of benzene rings is 1. The van der Waals surface area contributed by atoms with E-state index in [0.717, 1.165) is 33.9 Å². The minimum Gasteiger partial charge on any atom is -0.255 e. The van der Waals surface area contributed by atoms with Crippen molar-refractivity contribution in [2.45, 2.75) is 6.92 Å². The van der Waals surface area contributed by atoms with Crippen LogP contribution >= 0.6 is 0 Å². The summed E-state index contributed by atoms with van der Waals surface area (Å²) < 4.78 is 0. The van der Waals surface area contributed by atoms with E-state index in [-0.39, 0.29) is 0 Å². The fraction of sp³-hybridized carbons (Fsp3) is 0.0455. The molecule has 25 heavy (non-hydrogen) atoms. The van der Waals surface area contributed by atoms with E-state index in [1.54, 1.807) is 12.4 Å². The van der Waals surface area contributed by atoms with Crippen LogP contribution in [0.15, 0.2) is 85.2 Å². The normalized spacial score (nSPS) is 10.6. The fourth-order valence-electron chi connectivity index (χ4n) is 2.73. The average molecular weight is 323 g/mol. The SMILES string of the molecule is Cc1ccc(-c2cc(-c3ccccn3)nc(-c3ccccn3)c2)cc1. The number of nitrogens with zero attached hydrogens (tertiary/aromatic N) is 3. The lowest BCUT2D eigenvalue weighted by Gasteiger charge is -2.09. The molecule has 0 fully saturated rings. The maximum absolute atomic E-state index is 4.79. The van der Waals surface area contributed by atoms with E-state index >= 15 is 0 Å². The summed E-state index contributed by atoms with van der Waals surface area (Å²) in [5, 5.41) is 0. The second-order valence-electron chi connectivity index (χ2n) is 5.92. The van der Waals surface area contributed by atoms with Crippen LogP contribution in [0.3, 0.4) is 0 Å². The first-order valence-electron chi connectivity index (χ1n) is 8.21. The minimum atomic E-state index is 0.847. The molecule has 4 rings (SSSR count). The van der Waals surface area contributed by atoms with Crippen molar-refractivity contribution >= 4 is 0 Å². The predicted octanol–water partition coefficient (Wildman–Crippen LogP) is 5.18. The highest BCUT2D eigenvalue weighted by molar-refractivity contribution is 5.74. The second kappa shape index (κ2) is 6.65. The van der Waals surface area contributed by atoms with Crippen LogP contribution in [0.25, 0.3) is 33.9 Å². The van der Waals surface area contributed by atoms with Crippen molar-refractivity contribution in [3.8, 4) is 33.9 Å². The van der Waals surface area contributed by atoms with Crippen LogP contribution in [0.2, 0.25) is 0 Å². The highest BCUT2D eigenvalue weighted by Crippen LogP contribution is 2.28. The first-order valence-corrected chi connectivity index (χ1v) is 8.21. The molecule has 0 saturated heterocycles. The van der Waals surface area contributed by atoms with E-state index in [4.69, 9.17) is 4.98 Å². The first kappa shape index (κ1) is 15.2. The molecule has 0 aliphatic heterocycles. The Labute approximate surface area is 147 Å². The van der Waals surface area contributed by atoms with Crippen molar-refractivity contribution in [2.75, 3.05) is 0 Å². The van der Waals surface area contributed by atoms with Gasteiger partial charge in [-0.1, -0.05) is 42.0 Å². The van der Waals surface area contributed by atoms with E-state index in [1.807, 2.05) is 36.4 Å². The Bertz CT molecular complexity index is 921. The molecule has 0 atom stereocenters. The molecule has 0 amide bonds. The summed E-state index contributed by atoms with van der Waals surface area (Å²) in [5.74, 6) is 0. The maximum atomic E-state index is 4.79. The van der Waals surface area contributed by atoms with Gasteiger partial charge in [0.05, 0.1) is 22.8 Å². The zero-order chi connectivity index (χ0) is 17.1. The van der Waals surface area contributed by atoms with Gasteiger partial charge in [-0.25, -0.2) is 4.98 Å². The Balaban J connectivity index is 1.90. The van der Waals surface area contributed by atoms with Crippen LogP contribution < -0.4 is 0 Å². The van der Waals surface area contributed by atoms with Gasteiger partial charge in [-0.2, -0.15) is 0 Å². The maximum Gasteiger partial charge on any atom is 0.0900 e. The quantitative estimate of drug-likeness (QED) is 0.521. The third-order valence-electron chi connectivity index (χ3n) is 4.06. The van der Waals surface area contributed by atoms with Gasteiger partial charge in [0.2, 0.25) is 0 Å². The van der Waals surface area contributed by atoms with Crippen molar-refractivity contribution < 1.29 is 0 Å². The lowest BCUT2D eigenvalue weighted by Crippen LogP contribution is -1.93. The van der Waals surface area contributed by atoms with Gasteiger partial charge in [0.15, 0.2) is 0 Å². The Kier molecular flexibility index (Phi) is 4.05. The molecule has 0 aliphatic rings. The zero-order valence-corrected chi connectivity index (χ0v) is 13.9. The highest BCUT2D eigenvalue weighted by atomic mass is 14.8. The summed E-state index contributed by atoms with van der Waals surface area (Å²) in [7, 11) is 0. The van der Waals surface area contributed by atoms with Gasteiger partial charge in [0, 0.05) is 12.4 Å². The summed E-state index contributed by atoms with van der Waals surface area (Å²) in [6.45, 7) is 2.09. The molecule has 0 unspecified atom stereocenters. The number of aryl methyl sites for hydroxylation is 1. The van der Waals surface area contributed by atoms with Crippen LogP contribution in [0, 0.1) is 6.92 Å².